The fraction of sp³-hybridized carbons (Fsp3) is 0.524. The highest BCUT2D eigenvalue weighted by molar-refractivity contribution is 7.91. The van der Waals surface area contributed by atoms with Gasteiger partial charge in [-0.1, -0.05) is 0 Å². The lowest BCUT2D eigenvalue weighted by atomic mass is 10.2. The molecule has 8 heteroatoms. The number of aromatic nitrogens is 5. The van der Waals surface area contributed by atoms with E-state index in [9.17, 15) is 4.55 Å². The van der Waals surface area contributed by atoms with Gasteiger partial charge in [0.1, 0.15) is 17.1 Å². The van der Waals surface area contributed by atoms with Crippen LogP contribution in [0, 0.1) is 19.8 Å². The number of nitrogens with two attached hydrogens (primary N) is 1. The number of anilines is 1. The monoisotopic (exact) mass is 412 g/mol. The molecule has 4 rings (SSSR count). The van der Waals surface area contributed by atoms with Crippen LogP contribution in [-0.4, -0.2) is 34.8 Å². The molecule has 0 aromatic carbocycles. The second kappa shape index (κ2) is 8.67. The quantitative estimate of drug-likeness (QED) is 0.328. The maximum Gasteiger partial charge on any atom is 0.342 e. The number of fused-ring (bicyclic) bond motifs is 1. The summed E-state index contributed by atoms with van der Waals surface area (Å²) < 4.78 is 14.6. The van der Waals surface area contributed by atoms with Gasteiger partial charge in [-0.25, -0.2) is 9.97 Å². The summed E-state index contributed by atoms with van der Waals surface area (Å²) in [4.78, 5) is 17.5. The van der Waals surface area contributed by atoms with Crippen LogP contribution >= 0.6 is 0 Å². The van der Waals surface area contributed by atoms with Crippen molar-refractivity contribution in [3.63, 3.8) is 0 Å². The lowest BCUT2D eigenvalue weighted by molar-refractivity contribution is 0.564. The Hall–Kier alpha value is -2.19. The molecule has 3 heterocycles. The van der Waals surface area contributed by atoms with Gasteiger partial charge in [0, 0.05) is 42.2 Å². The molecule has 29 heavy (non-hydrogen) atoms. The van der Waals surface area contributed by atoms with Crippen LogP contribution in [0.1, 0.15) is 49.2 Å². The zero-order valence-corrected chi connectivity index (χ0v) is 17.9. The van der Waals surface area contributed by atoms with Crippen LogP contribution in [0.4, 0.5) is 5.82 Å². The Labute approximate surface area is 174 Å². The predicted octanol–water partition coefficient (Wildman–Crippen LogP) is 3.35. The van der Waals surface area contributed by atoms with E-state index in [2.05, 4.69) is 26.4 Å². The fourth-order valence-corrected chi connectivity index (χ4v) is 4.70. The van der Waals surface area contributed by atoms with E-state index in [-0.39, 0.29) is 0 Å². The molecule has 1 aliphatic rings. The van der Waals surface area contributed by atoms with Crippen molar-refractivity contribution in [3.05, 3.63) is 35.5 Å². The summed E-state index contributed by atoms with van der Waals surface area (Å²) in [5.74, 6) is 3.01. The minimum atomic E-state index is -1.13. The summed E-state index contributed by atoms with van der Waals surface area (Å²) in [6, 6.07) is 1.74. The van der Waals surface area contributed by atoms with E-state index in [0.29, 0.717) is 16.7 Å². The van der Waals surface area contributed by atoms with Crippen molar-refractivity contribution in [2.75, 3.05) is 11.5 Å². The normalized spacial score (nSPS) is 15.1. The van der Waals surface area contributed by atoms with Crippen molar-refractivity contribution >= 4 is 28.0 Å². The maximum atomic E-state index is 12.3. The smallest absolute Gasteiger partial charge is 0.342 e. The largest absolute Gasteiger partial charge is 0.609 e. The van der Waals surface area contributed by atoms with Gasteiger partial charge in [-0.15, -0.1) is 0 Å². The number of hydrogen-bond donors (Lipinski definition) is 1. The lowest BCUT2D eigenvalue weighted by Crippen LogP contribution is -2.11. The molecule has 1 aliphatic carbocycles. The van der Waals surface area contributed by atoms with Crippen molar-refractivity contribution in [1.82, 2.24) is 24.5 Å². The highest BCUT2D eigenvalue weighted by Crippen LogP contribution is 2.34. The molecule has 0 saturated heterocycles. The zero-order chi connectivity index (χ0) is 20.4. The van der Waals surface area contributed by atoms with Gasteiger partial charge in [-0.05, 0) is 63.5 Å². The second-order valence-electron chi connectivity index (χ2n) is 7.87. The van der Waals surface area contributed by atoms with E-state index in [0.717, 1.165) is 66.3 Å². The summed E-state index contributed by atoms with van der Waals surface area (Å²) in [7, 11) is 0. The molecule has 7 nitrogen and oxygen atoms in total. The molecule has 1 fully saturated rings. The maximum absolute atomic E-state index is 12.3. The number of pyridine rings is 1. The van der Waals surface area contributed by atoms with Crippen LogP contribution in [0.3, 0.4) is 0 Å². The number of aryl methyl sites for hydroxylation is 3. The molecule has 3 aromatic rings. The number of unbranched alkanes of at least 4 members (excludes halogenated alkanes) is 2. The van der Waals surface area contributed by atoms with Crippen molar-refractivity contribution in [2.45, 2.75) is 64.1 Å². The Balaban J connectivity index is 1.43. The first-order chi connectivity index (χ1) is 14.0. The van der Waals surface area contributed by atoms with Crippen molar-refractivity contribution in [3.8, 4) is 0 Å². The highest BCUT2D eigenvalue weighted by atomic mass is 32.2. The summed E-state index contributed by atoms with van der Waals surface area (Å²) in [5, 5.41) is 0.425. The van der Waals surface area contributed by atoms with Gasteiger partial charge >= 0.3 is 5.16 Å². The van der Waals surface area contributed by atoms with Crippen LogP contribution in [0.15, 0.2) is 23.6 Å². The van der Waals surface area contributed by atoms with Crippen LogP contribution in [0.2, 0.25) is 0 Å². The Bertz CT molecular complexity index is 986. The molecule has 2 N–H and O–H groups in total. The minimum Gasteiger partial charge on any atom is -0.609 e. The summed E-state index contributed by atoms with van der Waals surface area (Å²) >= 11 is -1.13. The SMILES string of the molecule is Cc1nc(N)c2nc(CC3CC3)n(CCCCC[S+]([O-])c3ncccn3)c2c1C. The predicted molar refractivity (Wildman–Crippen MR) is 115 cm³/mol. The van der Waals surface area contributed by atoms with E-state index >= 15 is 0 Å². The topological polar surface area (TPSA) is 106 Å². The van der Waals surface area contributed by atoms with Crippen molar-refractivity contribution in [1.29, 1.82) is 0 Å². The number of nitrogens with zero attached hydrogens (tertiary/aromatic N) is 5. The third-order valence-corrected chi connectivity index (χ3v) is 6.88. The number of imidazole rings is 1. The Kier molecular flexibility index (Phi) is 6.01. The highest BCUT2D eigenvalue weighted by Gasteiger charge is 2.26. The molecular weight excluding hydrogens is 384 g/mol. The fourth-order valence-electron chi connectivity index (χ4n) is 3.70. The Morgan fingerprint density at radius 1 is 1.14 bits per heavy atom. The average Bonchev–Trinajstić information content (AvgIpc) is 3.46. The van der Waals surface area contributed by atoms with E-state index < -0.39 is 11.2 Å². The van der Waals surface area contributed by atoms with Crippen LogP contribution in [0.25, 0.3) is 11.0 Å². The molecule has 0 aliphatic heterocycles. The molecule has 3 aromatic heterocycles. The molecule has 1 unspecified atom stereocenters. The summed E-state index contributed by atoms with van der Waals surface area (Å²) in [6.45, 7) is 5.01. The van der Waals surface area contributed by atoms with Crippen molar-refractivity contribution in [2.24, 2.45) is 5.92 Å². The second-order valence-corrected chi connectivity index (χ2v) is 9.34. The molecule has 0 spiro atoms. The third kappa shape index (κ3) is 4.53. The van der Waals surface area contributed by atoms with Crippen molar-refractivity contribution < 1.29 is 4.55 Å². The van der Waals surface area contributed by atoms with Gasteiger partial charge in [-0.2, -0.15) is 9.97 Å². The number of hydrogen-bond acceptors (Lipinski definition) is 6. The van der Waals surface area contributed by atoms with E-state index in [1.54, 1.807) is 18.5 Å². The standard InChI is InChI=1S/C21H28N6OS/c1-14-15(2)25-20(22)18-19(14)27(17(26-18)13-16-7-8-16)11-4-3-5-12-29(28)21-23-9-6-10-24-21/h6,9-10,16H,3-5,7-8,11-13H2,1-2H3,(H2,22,25). The molecular formula is C21H28N6OS. The van der Waals surface area contributed by atoms with Gasteiger partial charge in [0.05, 0.1) is 5.52 Å². The third-order valence-electron chi connectivity index (χ3n) is 5.60. The average molecular weight is 413 g/mol. The Morgan fingerprint density at radius 3 is 2.62 bits per heavy atom. The minimum absolute atomic E-state index is 0.425. The van der Waals surface area contributed by atoms with E-state index in [1.165, 1.54) is 12.8 Å². The molecule has 154 valence electrons. The van der Waals surface area contributed by atoms with Crippen LogP contribution in [0.5, 0.6) is 0 Å². The lowest BCUT2D eigenvalue weighted by Gasteiger charge is -2.12. The molecule has 0 bridgehead atoms. The van der Waals surface area contributed by atoms with Gasteiger partial charge in [0.25, 0.3) is 0 Å². The first-order valence-corrected chi connectivity index (χ1v) is 11.6. The molecule has 0 amide bonds. The molecule has 1 atom stereocenters. The van der Waals surface area contributed by atoms with Crippen LogP contribution < -0.4 is 5.73 Å². The van der Waals surface area contributed by atoms with Gasteiger partial charge < -0.3 is 14.9 Å². The van der Waals surface area contributed by atoms with E-state index in [1.807, 2.05) is 6.92 Å². The Morgan fingerprint density at radius 2 is 1.90 bits per heavy atom. The summed E-state index contributed by atoms with van der Waals surface area (Å²) in [5.41, 5.74) is 10.3. The zero-order valence-electron chi connectivity index (χ0n) is 17.1. The van der Waals surface area contributed by atoms with Gasteiger partial charge in [-0.3, -0.25) is 0 Å². The summed E-state index contributed by atoms with van der Waals surface area (Å²) in [6.07, 6.45) is 9.77. The first kappa shape index (κ1) is 20.1. The first-order valence-electron chi connectivity index (χ1n) is 10.3. The number of rotatable bonds is 9. The van der Waals surface area contributed by atoms with Gasteiger partial charge in [0.15, 0.2) is 5.82 Å². The molecule has 0 radical (unpaired) electrons. The van der Waals surface area contributed by atoms with Crippen LogP contribution in [-0.2, 0) is 24.1 Å². The number of nitrogen functional groups attached to an aromatic ring is 1. The molecule has 1 saturated carbocycles. The van der Waals surface area contributed by atoms with E-state index in [4.69, 9.17) is 10.7 Å². The van der Waals surface area contributed by atoms with Gasteiger partial charge in [0.2, 0.25) is 0 Å².